The number of hydrogen-bond donors (Lipinski definition) is 1. The molecule has 0 heterocycles. The first-order valence-corrected chi connectivity index (χ1v) is 6.57. The van der Waals surface area contributed by atoms with E-state index in [0.29, 0.717) is 5.75 Å². The Morgan fingerprint density at radius 1 is 1.29 bits per heavy atom. The Hall–Kier alpha value is -0.960. The summed E-state index contributed by atoms with van der Waals surface area (Å²) in [6.07, 6.45) is 4.10. The number of carboxylic acids is 1. The van der Waals surface area contributed by atoms with E-state index in [-0.39, 0.29) is 6.42 Å². The Morgan fingerprint density at radius 3 is 2.06 bits per heavy atom. The Bertz CT molecular complexity index is 297. The van der Waals surface area contributed by atoms with Gasteiger partial charge in [0, 0.05) is 5.75 Å². The van der Waals surface area contributed by atoms with Gasteiger partial charge < -0.3 is 5.11 Å². The monoisotopic (exact) mass is 256 g/mol. The van der Waals surface area contributed by atoms with E-state index in [1.807, 2.05) is 46.8 Å². The lowest BCUT2D eigenvalue weighted by molar-refractivity contribution is -0.136. The summed E-state index contributed by atoms with van der Waals surface area (Å²) in [4.78, 5) is 11.3. The summed E-state index contributed by atoms with van der Waals surface area (Å²) in [7, 11) is 0. The lowest BCUT2D eigenvalue weighted by Gasteiger charge is -2.00. The van der Waals surface area contributed by atoms with E-state index >= 15 is 0 Å². The molecule has 17 heavy (non-hydrogen) atoms. The molecule has 3 heteroatoms. The predicted octanol–water partition coefficient (Wildman–Crippen LogP) is 4.65. The van der Waals surface area contributed by atoms with Crippen LogP contribution in [0.1, 0.15) is 41.0 Å². The quantitative estimate of drug-likeness (QED) is 0.728. The molecule has 0 saturated carbocycles. The molecule has 0 atom stereocenters. The van der Waals surface area contributed by atoms with Crippen molar-refractivity contribution in [3.8, 4) is 0 Å². The van der Waals surface area contributed by atoms with Crippen LogP contribution in [0.5, 0.6) is 0 Å². The predicted molar refractivity (Wildman–Crippen MR) is 78.4 cm³/mol. The molecule has 2 nitrogen and oxygen atoms in total. The molecule has 0 fully saturated rings. The van der Waals surface area contributed by atoms with Crippen molar-refractivity contribution < 1.29 is 9.90 Å². The van der Waals surface area contributed by atoms with Crippen LogP contribution in [0, 0.1) is 0 Å². The molecule has 0 aliphatic heterocycles. The van der Waals surface area contributed by atoms with E-state index in [1.165, 1.54) is 16.1 Å². The summed E-state index contributed by atoms with van der Waals surface area (Å²) in [5.41, 5.74) is 2.50. The first-order valence-electron chi connectivity index (χ1n) is 5.59. The van der Waals surface area contributed by atoms with Gasteiger partial charge in [0.25, 0.3) is 0 Å². The number of aliphatic carboxylic acids is 1. The smallest absolute Gasteiger partial charge is 0.304 e. The van der Waals surface area contributed by atoms with Gasteiger partial charge in [-0.3, -0.25) is 4.79 Å². The topological polar surface area (TPSA) is 37.3 Å². The van der Waals surface area contributed by atoms with Crippen molar-refractivity contribution in [1.82, 2.24) is 0 Å². The molecular weight excluding hydrogens is 232 g/mol. The fourth-order valence-electron chi connectivity index (χ4n) is 0.554. The average molecular weight is 256 g/mol. The van der Waals surface area contributed by atoms with Crippen LogP contribution in [0.25, 0.3) is 0 Å². The van der Waals surface area contributed by atoms with Gasteiger partial charge in [0.2, 0.25) is 0 Å². The number of rotatable bonds is 5. The number of hydrogen-bond acceptors (Lipinski definition) is 2. The van der Waals surface area contributed by atoms with Gasteiger partial charge in [-0.2, -0.15) is 0 Å². The van der Waals surface area contributed by atoms with Crippen molar-refractivity contribution in [2.24, 2.45) is 0 Å². The first kappa shape index (κ1) is 18.4. The average Bonchev–Trinajstić information content (AvgIpc) is 2.28. The van der Waals surface area contributed by atoms with Gasteiger partial charge in [0.05, 0.1) is 6.42 Å². The van der Waals surface area contributed by atoms with Crippen LogP contribution in [0.15, 0.2) is 34.8 Å². The van der Waals surface area contributed by atoms with Crippen LogP contribution >= 0.6 is 11.8 Å². The molecular formula is C14H24O2S. The summed E-state index contributed by atoms with van der Waals surface area (Å²) >= 11 is 1.61. The minimum Gasteiger partial charge on any atom is -0.481 e. The minimum atomic E-state index is -0.723. The molecule has 0 aromatic rings. The van der Waals surface area contributed by atoms with Gasteiger partial charge in [0.15, 0.2) is 0 Å². The fourth-order valence-corrected chi connectivity index (χ4v) is 1.43. The molecule has 0 aliphatic carbocycles. The maximum atomic E-state index is 10.1. The molecule has 0 amide bonds. The van der Waals surface area contributed by atoms with E-state index < -0.39 is 5.97 Å². The van der Waals surface area contributed by atoms with Gasteiger partial charge in [-0.05, 0) is 39.5 Å². The Balaban J connectivity index is 0. The molecule has 0 radical (unpaired) electrons. The van der Waals surface area contributed by atoms with Gasteiger partial charge in [-0.25, -0.2) is 0 Å². The Morgan fingerprint density at radius 2 is 1.82 bits per heavy atom. The van der Waals surface area contributed by atoms with Crippen molar-refractivity contribution in [1.29, 1.82) is 0 Å². The summed E-state index contributed by atoms with van der Waals surface area (Å²) in [6.45, 7) is 13.7. The molecule has 0 bridgehead atoms. The molecule has 98 valence electrons. The third-order valence-corrected chi connectivity index (χ3v) is 3.37. The van der Waals surface area contributed by atoms with E-state index in [2.05, 4.69) is 6.58 Å². The maximum absolute atomic E-state index is 10.1. The fraction of sp³-hybridized carbons (Fsp3) is 0.500. The highest BCUT2D eigenvalue weighted by molar-refractivity contribution is 8.03. The second kappa shape index (κ2) is 11.5. The molecule has 0 aromatic heterocycles. The lowest BCUT2D eigenvalue weighted by Crippen LogP contribution is -1.95. The van der Waals surface area contributed by atoms with Gasteiger partial charge in [-0.15, -0.1) is 11.8 Å². The van der Waals surface area contributed by atoms with E-state index in [0.717, 1.165) is 0 Å². The third-order valence-electron chi connectivity index (χ3n) is 2.12. The van der Waals surface area contributed by atoms with Crippen molar-refractivity contribution in [3.05, 3.63) is 34.8 Å². The van der Waals surface area contributed by atoms with Crippen molar-refractivity contribution in [3.63, 3.8) is 0 Å². The Labute approximate surface area is 109 Å². The van der Waals surface area contributed by atoms with Crippen LogP contribution in [0.4, 0.5) is 0 Å². The third kappa shape index (κ3) is 15.0. The van der Waals surface area contributed by atoms with Gasteiger partial charge >= 0.3 is 5.97 Å². The highest BCUT2D eigenvalue weighted by Gasteiger charge is 1.98. The summed E-state index contributed by atoms with van der Waals surface area (Å²) < 4.78 is 0. The van der Waals surface area contributed by atoms with Crippen LogP contribution in [-0.2, 0) is 4.79 Å². The summed E-state index contributed by atoms with van der Waals surface area (Å²) in [5, 5.41) is 8.34. The number of carbonyl (C=O) groups is 1. The molecule has 0 spiro atoms. The van der Waals surface area contributed by atoms with Crippen LogP contribution in [0.2, 0.25) is 0 Å². The van der Waals surface area contributed by atoms with Crippen LogP contribution in [-0.4, -0.2) is 16.8 Å². The molecule has 1 N–H and O–H groups in total. The van der Waals surface area contributed by atoms with E-state index in [4.69, 9.17) is 5.11 Å². The Kier molecular flexibility index (Phi) is 12.5. The van der Waals surface area contributed by atoms with Crippen LogP contribution < -0.4 is 0 Å². The number of allylic oxidation sites excluding steroid dienone is 5. The van der Waals surface area contributed by atoms with Crippen molar-refractivity contribution in [2.75, 3.05) is 5.75 Å². The standard InChI is InChI=1S/C8H14O2S.C6H10/c1-6(2)7(3)11-5-4-8(9)10;1-4-6(3)5-2/h4-5H2,1-3H3,(H,9,10);4-5H,1H2,2-3H3/b;6-5-. The first-order chi connectivity index (χ1) is 7.84. The zero-order valence-corrected chi connectivity index (χ0v) is 12.4. The zero-order chi connectivity index (χ0) is 13.8. The normalized spacial score (nSPS) is 10.1. The second-order valence-corrected chi connectivity index (χ2v) is 5.09. The minimum absolute atomic E-state index is 0.245. The molecule has 0 unspecified atom stereocenters. The van der Waals surface area contributed by atoms with Gasteiger partial charge in [-0.1, -0.05) is 29.9 Å². The largest absolute Gasteiger partial charge is 0.481 e. The lowest BCUT2D eigenvalue weighted by atomic mass is 10.3. The van der Waals surface area contributed by atoms with E-state index in [1.54, 1.807) is 11.8 Å². The summed E-state index contributed by atoms with van der Waals surface area (Å²) in [5.74, 6) is -0.0501. The van der Waals surface area contributed by atoms with Crippen molar-refractivity contribution >= 4 is 17.7 Å². The molecule has 0 aliphatic rings. The number of thioether (sulfide) groups is 1. The molecule has 0 aromatic carbocycles. The molecule has 0 saturated heterocycles. The summed E-state index contributed by atoms with van der Waals surface area (Å²) in [6, 6.07) is 0. The van der Waals surface area contributed by atoms with Crippen LogP contribution in [0.3, 0.4) is 0 Å². The molecule has 0 rings (SSSR count). The maximum Gasteiger partial charge on any atom is 0.304 e. The van der Waals surface area contributed by atoms with Gasteiger partial charge in [0.1, 0.15) is 0 Å². The number of carboxylic acid groups (broad SMARTS) is 1. The SMILES string of the molecule is C=C/C(C)=C\C.CC(C)=C(C)SCCC(=O)O. The van der Waals surface area contributed by atoms with E-state index in [9.17, 15) is 4.79 Å². The highest BCUT2D eigenvalue weighted by atomic mass is 32.2. The second-order valence-electron chi connectivity index (χ2n) is 3.79. The zero-order valence-electron chi connectivity index (χ0n) is 11.5. The highest BCUT2D eigenvalue weighted by Crippen LogP contribution is 2.18. The van der Waals surface area contributed by atoms with Crippen molar-refractivity contribution in [2.45, 2.75) is 41.0 Å².